The third-order valence-electron chi connectivity index (χ3n) is 9.20. The minimum Gasteiger partial charge on any atom is -0.487 e. The normalized spacial score (nSPS) is 19.3. The predicted octanol–water partition coefficient (Wildman–Crippen LogP) is 5.79. The van der Waals surface area contributed by atoms with Gasteiger partial charge in [-0.1, -0.05) is 37.1 Å². The van der Waals surface area contributed by atoms with Crippen molar-refractivity contribution in [3.8, 4) is 22.9 Å². The van der Waals surface area contributed by atoms with Crippen LogP contribution in [0.3, 0.4) is 0 Å². The molecule has 2 fully saturated rings. The number of ether oxygens (including phenoxy) is 2. The van der Waals surface area contributed by atoms with Crippen LogP contribution in [0.15, 0.2) is 59.8 Å². The average Bonchev–Trinajstić information content (AvgIpc) is 3.85. The van der Waals surface area contributed by atoms with Gasteiger partial charge in [-0.15, -0.1) is 0 Å². The van der Waals surface area contributed by atoms with Crippen LogP contribution in [0.5, 0.6) is 11.6 Å². The fourth-order valence-corrected chi connectivity index (χ4v) is 7.13. The van der Waals surface area contributed by atoms with Gasteiger partial charge in [-0.25, -0.2) is 28.1 Å². The van der Waals surface area contributed by atoms with E-state index in [-0.39, 0.29) is 53.5 Å². The lowest BCUT2D eigenvalue weighted by atomic mass is 9.96. The zero-order chi connectivity index (χ0) is 32.7. The third-order valence-corrected chi connectivity index (χ3v) is 10.5. The number of carbonyl (C=O) groups excluding carboxylic acids is 1. The minimum atomic E-state index is -4.17. The Morgan fingerprint density at radius 3 is 2.38 bits per heavy atom. The molecule has 0 radical (unpaired) electrons. The summed E-state index contributed by atoms with van der Waals surface area (Å²) in [6.07, 6.45) is 9.57. The lowest BCUT2D eigenvalue weighted by molar-refractivity contribution is 0.0556. The molecule has 12 heteroatoms. The van der Waals surface area contributed by atoms with E-state index in [4.69, 9.17) is 14.5 Å². The summed E-state index contributed by atoms with van der Waals surface area (Å²) in [5, 5.41) is 0. The first-order valence-electron chi connectivity index (χ1n) is 16.1. The highest BCUT2D eigenvalue weighted by atomic mass is 32.2. The summed E-state index contributed by atoms with van der Waals surface area (Å²) in [6, 6.07) is 11.6. The van der Waals surface area contributed by atoms with Crippen LogP contribution in [-0.2, 0) is 16.6 Å². The van der Waals surface area contributed by atoms with Crippen LogP contribution in [0.25, 0.3) is 11.3 Å². The van der Waals surface area contributed by atoms with Gasteiger partial charge in [0.2, 0.25) is 11.8 Å². The molecule has 3 aliphatic rings. The Bertz CT molecular complexity index is 1910. The van der Waals surface area contributed by atoms with Crippen molar-refractivity contribution in [2.45, 2.75) is 82.9 Å². The number of aryl methyl sites for hydroxylation is 2. The molecule has 244 valence electrons. The van der Waals surface area contributed by atoms with Gasteiger partial charge in [-0.3, -0.25) is 4.79 Å². The van der Waals surface area contributed by atoms with Crippen molar-refractivity contribution < 1.29 is 22.7 Å². The van der Waals surface area contributed by atoms with E-state index in [0.29, 0.717) is 35.2 Å². The van der Waals surface area contributed by atoms with Gasteiger partial charge >= 0.3 is 0 Å². The number of nitrogens with one attached hydrogen (secondary N) is 1. The van der Waals surface area contributed by atoms with Crippen LogP contribution >= 0.6 is 0 Å². The Balaban J connectivity index is 1.31. The molecule has 1 atom stereocenters. The molecular formula is C35H38N6O5S. The molecule has 0 saturated heterocycles. The maximum absolute atomic E-state index is 14.3. The fraction of sp³-hybridized carbons (Fsp3) is 0.400. The van der Waals surface area contributed by atoms with Gasteiger partial charge in [0.15, 0.2) is 5.75 Å². The quantitative estimate of drug-likeness (QED) is 0.262. The largest absolute Gasteiger partial charge is 0.487 e. The van der Waals surface area contributed by atoms with Crippen molar-refractivity contribution in [2.75, 3.05) is 11.3 Å². The zero-order valence-electron chi connectivity index (χ0n) is 26.8. The van der Waals surface area contributed by atoms with Crippen molar-refractivity contribution in [1.82, 2.24) is 24.8 Å². The standard InChI is InChI=1S/C35H38N6O5S/c1-21-7-4-8-22(2)31(21)32-23(3)33-39-35(38-32)40-47(43,44)29-12-5-9-25(16-29)34(42)41(26(20-45-33)15-24-13-14-24)19-30-36-17-28(18-37-30)46-27-10-6-11-27/h4-5,7-9,12,16-18,24,26-27H,6,10-11,13-15,19-20H2,1-3H3,(H,38,39,40)/t26-/m1/s1. The first-order valence-corrected chi connectivity index (χ1v) is 17.6. The first kappa shape index (κ1) is 31.0. The van der Waals surface area contributed by atoms with Crippen LogP contribution in [0.2, 0.25) is 0 Å². The van der Waals surface area contributed by atoms with Crippen LogP contribution < -0.4 is 14.2 Å². The lowest BCUT2D eigenvalue weighted by Crippen LogP contribution is -2.44. The Labute approximate surface area is 274 Å². The average molecular weight is 655 g/mol. The van der Waals surface area contributed by atoms with E-state index in [1.807, 2.05) is 39.0 Å². The number of rotatable bonds is 7. The van der Waals surface area contributed by atoms with E-state index in [2.05, 4.69) is 19.7 Å². The number of hydrogen-bond acceptors (Lipinski definition) is 9. The van der Waals surface area contributed by atoms with Crippen LogP contribution in [0, 0.1) is 26.7 Å². The highest BCUT2D eigenvalue weighted by Gasteiger charge is 2.34. The molecule has 2 saturated carbocycles. The highest BCUT2D eigenvalue weighted by Crippen LogP contribution is 2.37. The van der Waals surface area contributed by atoms with E-state index >= 15 is 0 Å². The molecule has 1 N–H and O–H groups in total. The second-order valence-electron chi connectivity index (χ2n) is 12.8. The molecule has 7 rings (SSSR count). The van der Waals surface area contributed by atoms with Crippen LogP contribution in [-0.4, -0.2) is 57.9 Å². The minimum absolute atomic E-state index is 0.0738. The summed E-state index contributed by atoms with van der Waals surface area (Å²) >= 11 is 0. The van der Waals surface area contributed by atoms with Crippen LogP contribution in [0.1, 0.15) is 71.4 Å². The van der Waals surface area contributed by atoms with E-state index in [1.165, 1.54) is 12.1 Å². The molecule has 4 aromatic rings. The van der Waals surface area contributed by atoms with Crippen molar-refractivity contribution in [3.63, 3.8) is 0 Å². The second kappa shape index (κ2) is 12.6. The SMILES string of the molecule is Cc1cccc(C)c1-c1nc2nc(c1C)OC[C@@H](CC1CC1)N(Cc1ncc(OC3CCC3)cn1)C(=O)c1cccc(c1)S(=O)(=O)N2. The molecule has 0 unspecified atom stereocenters. The van der Waals surface area contributed by atoms with Gasteiger partial charge in [0, 0.05) is 16.7 Å². The fourth-order valence-electron chi connectivity index (χ4n) is 6.14. The Morgan fingerprint density at radius 2 is 1.70 bits per heavy atom. The van der Waals surface area contributed by atoms with Crippen molar-refractivity contribution in [1.29, 1.82) is 0 Å². The first-order chi connectivity index (χ1) is 22.6. The topological polar surface area (TPSA) is 136 Å². The van der Waals surface area contributed by atoms with Gasteiger partial charge in [-0.2, -0.15) is 4.98 Å². The maximum atomic E-state index is 14.3. The highest BCUT2D eigenvalue weighted by molar-refractivity contribution is 7.92. The van der Waals surface area contributed by atoms with Crippen molar-refractivity contribution >= 4 is 21.9 Å². The summed E-state index contributed by atoms with van der Waals surface area (Å²) in [7, 11) is -4.17. The van der Waals surface area contributed by atoms with Crippen LogP contribution in [0.4, 0.5) is 5.95 Å². The molecule has 47 heavy (non-hydrogen) atoms. The molecule has 4 bridgehead atoms. The monoisotopic (exact) mass is 654 g/mol. The number of nitrogens with zero attached hydrogens (tertiary/aromatic N) is 5. The number of aromatic nitrogens is 4. The third kappa shape index (κ3) is 6.64. The number of sulfonamides is 1. The smallest absolute Gasteiger partial charge is 0.264 e. The molecule has 1 amide bonds. The van der Waals surface area contributed by atoms with Gasteiger partial charge < -0.3 is 14.4 Å². The molecule has 2 aromatic heterocycles. The van der Waals surface area contributed by atoms with Gasteiger partial charge in [0.05, 0.1) is 41.7 Å². The molecular weight excluding hydrogens is 616 g/mol. The summed E-state index contributed by atoms with van der Waals surface area (Å²) < 4.78 is 42.3. The molecule has 2 aromatic carbocycles. The molecule has 0 spiro atoms. The predicted molar refractivity (Wildman–Crippen MR) is 176 cm³/mol. The van der Waals surface area contributed by atoms with Crippen molar-refractivity contribution in [3.05, 3.63) is 82.9 Å². The maximum Gasteiger partial charge on any atom is 0.264 e. The van der Waals surface area contributed by atoms with E-state index in [9.17, 15) is 13.2 Å². The Kier molecular flexibility index (Phi) is 8.29. The summed E-state index contributed by atoms with van der Waals surface area (Å²) in [5.41, 5.74) is 4.36. The summed E-state index contributed by atoms with van der Waals surface area (Å²) in [4.78, 5) is 34.3. The van der Waals surface area contributed by atoms with E-state index in [1.54, 1.807) is 29.4 Å². The number of fused-ring (bicyclic) bond motifs is 4. The van der Waals surface area contributed by atoms with Crippen molar-refractivity contribution in [2.24, 2.45) is 5.92 Å². The molecule has 2 aliphatic carbocycles. The number of carbonyl (C=O) groups is 1. The van der Waals surface area contributed by atoms with Gasteiger partial charge in [0.1, 0.15) is 12.4 Å². The zero-order valence-corrected chi connectivity index (χ0v) is 27.6. The van der Waals surface area contributed by atoms with E-state index in [0.717, 1.165) is 48.8 Å². The molecule has 3 heterocycles. The molecule has 1 aliphatic heterocycles. The number of anilines is 1. The van der Waals surface area contributed by atoms with Gasteiger partial charge in [-0.05, 0) is 81.7 Å². The number of benzene rings is 2. The number of hydrogen-bond donors (Lipinski definition) is 1. The number of amides is 1. The lowest BCUT2D eigenvalue weighted by Gasteiger charge is -2.32. The van der Waals surface area contributed by atoms with E-state index < -0.39 is 10.0 Å². The Hall–Kier alpha value is -4.58. The molecule has 11 nitrogen and oxygen atoms in total. The van der Waals surface area contributed by atoms with Gasteiger partial charge in [0.25, 0.3) is 15.9 Å². The second-order valence-corrected chi connectivity index (χ2v) is 14.5. The summed E-state index contributed by atoms with van der Waals surface area (Å²) in [6.45, 7) is 6.11. The summed E-state index contributed by atoms with van der Waals surface area (Å²) in [5.74, 6) is 1.32. The Morgan fingerprint density at radius 1 is 0.979 bits per heavy atom.